The van der Waals surface area contributed by atoms with Gasteiger partial charge in [0.15, 0.2) is 0 Å². The van der Waals surface area contributed by atoms with E-state index in [9.17, 15) is 5.11 Å². The van der Waals surface area contributed by atoms with Gasteiger partial charge in [0.05, 0.1) is 0 Å². The quantitative estimate of drug-likeness (QED) is 0.824. The summed E-state index contributed by atoms with van der Waals surface area (Å²) in [7, 11) is 2.44. The first kappa shape index (κ1) is 13.1. The molecule has 0 aliphatic heterocycles. The van der Waals surface area contributed by atoms with E-state index in [4.69, 9.17) is 0 Å². The van der Waals surface area contributed by atoms with Crippen LogP contribution in [0.25, 0.3) is 0 Å². The monoisotopic (exact) mass is 259 g/mol. The van der Waals surface area contributed by atoms with Crippen LogP contribution in [0.5, 0.6) is 5.75 Å². The van der Waals surface area contributed by atoms with Crippen molar-refractivity contribution in [1.29, 1.82) is 0 Å². The van der Waals surface area contributed by atoms with Crippen LogP contribution in [0.4, 0.5) is 0 Å². The third-order valence-electron chi connectivity index (χ3n) is 2.81. The van der Waals surface area contributed by atoms with Crippen molar-refractivity contribution in [1.82, 2.24) is 5.32 Å². The number of rotatable bonds is 4. The van der Waals surface area contributed by atoms with Crippen LogP contribution in [0, 0.1) is 6.92 Å². The molecular formula is C15H18NOP. The predicted octanol–water partition coefficient (Wildman–Crippen LogP) is 2.05. The number of phenolic OH excluding ortho intramolecular Hbond substituents is 1. The summed E-state index contributed by atoms with van der Waals surface area (Å²) in [5, 5.41) is 15.4. The lowest BCUT2D eigenvalue weighted by Crippen LogP contribution is -2.15. The Bertz CT molecular complexity index is 540. The van der Waals surface area contributed by atoms with Gasteiger partial charge in [-0.3, -0.25) is 0 Å². The van der Waals surface area contributed by atoms with Crippen molar-refractivity contribution >= 4 is 19.2 Å². The van der Waals surface area contributed by atoms with Gasteiger partial charge in [0, 0.05) is 11.8 Å². The Labute approximate surface area is 110 Å². The van der Waals surface area contributed by atoms with E-state index in [0.29, 0.717) is 14.3 Å². The fourth-order valence-electron chi connectivity index (χ4n) is 1.88. The maximum atomic E-state index is 9.91. The molecule has 0 heterocycles. The van der Waals surface area contributed by atoms with E-state index in [1.165, 1.54) is 16.4 Å². The predicted molar refractivity (Wildman–Crippen MR) is 79.6 cm³/mol. The van der Waals surface area contributed by atoms with Gasteiger partial charge in [-0.25, -0.2) is 0 Å². The molecule has 0 amide bonds. The number of phenols is 1. The molecule has 3 heteroatoms. The maximum absolute atomic E-state index is 9.91. The second-order valence-electron chi connectivity index (χ2n) is 4.33. The molecular weight excluding hydrogens is 241 g/mol. The Kier molecular flexibility index (Phi) is 4.35. The second kappa shape index (κ2) is 5.99. The third-order valence-corrected chi connectivity index (χ3v) is 4.23. The van der Waals surface area contributed by atoms with Crippen LogP contribution >= 0.6 is 8.58 Å². The van der Waals surface area contributed by atoms with Gasteiger partial charge in [0.2, 0.25) is 0 Å². The zero-order chi connectivity index (χ0) is 13.0. The zero-order valence-corrected chi connectivity index (χ0v) is 11.7. The smallest absolute Gasteiger partial charge is 0.123 e. The van der Waals surface area contributed by atoms with Crippen LogP contribution in [-0.2, 0) is 6.54 Å². The molecule has 2 aromatic carbocycles. The van der Waals surface area contributed by atoms with Gasteiger partial charge in [-0.2, -0.15) is 0 Å². The summed E-state index contributed by atoms with van der Waals surface area (Å²) in [5.41, 5.74) is 2.47. The van der Waals surface area contributed by atoms with Gasteiger partial charge in [0.1, 0.15) is 5.75 Å². The zero-order valence-electron chi connectivity index (χ0n) is 10.7. The fourth-order valence-corrected chi connectivity index (χ4v) is 3.20. The summed E-state index contributed by atoms with van der Waals surface area (Å²) in [6.07, 6.45) is 0. The molecule has 18 heavy (non-hydrogen) atoms. The lowest BCUT2D eigenvalue weighted by molar-refractivity contribution is 0.479. The van der Waals surface area contributed by atoms with Gasteiger partial charge in [-0.1, -0.05) is 44.5 Å². The minimum Gasteiger partial charge on any atom is -0.507 e. The Morgan fingerprint density at radius 3 is 2.67 bits per heavy atom. The van der Waals surface area contributed by atoms with Gasteiger partial charge >= 0.3 is 0 Å². The first-order chi connectivity index (χ1) is 8.70. The molecule has 0 radical (unpaired) electrons. The molecule has 2 rings (SSSR count). The molecule has 0 saturated heterocycles. The van der Waals surface area contributed by atoms with Gasteiger partial charge in [0.25, 0.3) is 0 Å². The number of benzene rings is 2. The van der Waals surface area contributed by atoms with Gasteiger partial charge in [-0.15, -0.1) is 0 Å². The summed E-state index contributed by atoms with van der Waals surface area (Å²) in [4.78, 5) is 0. The van der Waals surface area contributed by atoms with Crippen LogP contribution in [0.3, 0.4) is 0 Å². The van der Waals surface area contributed by atoms with Crippen LogP contribution in [0.1, 0.15) is 11.1 Å². The minimum atomic E-state index is 0.387. The third kappa shape index (κ3) is 3.10. The van der Waals surface area contributed by atoms with Crippen LogP contribution in [0.15, 0.2) is 42.5 Å². The standard InChI is InChI=1S/C15H18NOP/c1-11-7-8-13(17)15(9-11)18-14-6-4-3-5-12(14)10-16-2/h3-9,16-18H,10H2,1-2H3. The highest BCUT2D eigenvalue weighted by molar-refractivity contribution is 7.55. The van der Waals surface area contributed by atoms with E-state index in [1.54, 1.807) is 6.07 Å². The lowest BCUT2D eigenvalue weighted by Gasteiger charge is -2.11. The summed E-state index contributed by atoms with van der Waals surface area (Å²) in [5.74, 6) is 0.387. The normalized spacial score (nSPS) is 11.2. The lowest BCUT2D eigenvalue weighted by atomic mass is 10.2. The SMILES string of the molecule is CNCc1ccccc1Pc1cc(C)ccc1O. The Morgan fingerprint density at radius 1 is 1.11 bits per heavy atom. The molecule has 0 aromatic heterocycles. The van der Waals surface area contributed by atoms with Crippen molar-refractivity contribution in [3.8, 4) is 5.75 Å². The summed E-state index contributed by atoms with van der Waals surface area (Å²) in [6.45, 7) is 2.91. The first-order valence-electron chi connectivity index (χ1n) is 6.00. The topological polar surface area (TPSA) is 32.3 Å². The molecule has 2 aromatic rings. The van der Waals surface area contributed by atoms with Gasteiger partial charge in [-0.05, 0) is 37.0 Å². The maximum Gasteiger partial charge on any atom is 0.123 e. The average Bonchev–Trinajstić information content (AvgIpc) is 2.36. The van der Waals surface area contributed by atoms with E-state index >= 15 is 0 Å². The molecule has 1 atom stereocenters. The summed E-state index contributed by atoms with van der Waals surface area (Å²) >= 11 is 0. The Balaban J connectivity index is 2.30. The highest BCUT2D eigenvalue weighted by Gasteiger charge is 2.06. The number of hydrogen-bond donors (Lipinski definition) is 2. The van der Waals surface area contributed by atoms with Crippen molar-refractivity contribution in [2.24, 2.45) is 0 Å². The van der Waals surface area contributed by atoms with E-state index in [-0.39, 0.29) is 0 Å². The fraction of sp³-hybridized carbons (Fsp3) is 0.200. The highest BCUT2D eigenvalue weighted by Crippen LogP contribution is 2.20. The molecule has 0 saturated carbocycles. The number of aryl methyl sites for hydroxylation is 1. The van der Waals surface area contributed by atoms with Crippen LogP contribution < -0.4 is 15.9 Å². The van der Waals surface area contributed by atoms with Crippen LogP contribution in [0.2, 0.25) is 0 Å². The second-order valence-corrected chi connectivity index (χ2v) is 5.66. The summed E-state index contributed by atoms with van der Waals surface area (Å²) in [6, 6.07) is 14.1. The number of hydrogen-bond acceptors (Lipinski definition) is 2. The van der Waals surface area contributed by atoms with Crippen molar-refractivity contribution in [2.45, 2.75) is 13.5 Å². The van der Waals surface area contributed by atoms with E-state index in [2.05, 4.69) is 29.6 Å². The molecule has 1 unspecified atom stereocenters. The van der Waals surface area contributed by atoms with Crippen molar-refractivity contribution in [2.75, 3.05) is 7.05 Å². The average molecular weight is 259 g/mol. The Hall–Kier alpha value is -1.37. The molecule has 0 aliphatic carbocycles. The van der Waals surface area contributed by atoms with Crippen molar-refractivity contribution < 1.29 is 5.11 Å². The number of aromatic hydroxyl groups is 1. The molecule has 0 spiro atoms. The largest absolute Gasteiger partial charge is 0.507 e. The molecule has 0 fully saturated rings. The highest BCUT2D eigenvalue weighted by atomic mass is 31.1. The number of nitrogens with one attached hydrogen (secondary N) is 1. The van der Waals surface area contributed by atoms with Crippen molar-refractivity contribution in [3.05, 3.63) is 53.6 Å². The molecule has 94 valence electrons. The van der Waals surface area contributed by atoms with Crippen molar-refractivity contribution in [3.63, 3.8) is 0 Å². The minimum absolute atomic E-state index is 0.387. The molecule has 2 N–H and O–H groups in total. The molecule has 0 bridgehead atoms. The molecule has 0 aliphatic rings. The Morgan fingerprint density at radius 2 is 1.89 bits per heavy atom. The van der Waals surface area contributed by atoms with E-state index < -0.39 is 0 Å². The van der Waals surface area contributed by atoms with Gasteiger partial charge < -0.3 is 10.4 Å². The van der Waals surface area contributed by atoms with E-state index in [1.807, 2.05) is 26.1 Å². The van der Waals surface area contributed by atoms with Crippen LogP contribution in [-0.4, -0.2) is 12.2 Å². The first-order valence-corrected chi connectivity index (χ1v) is 7.00. The van der Waals surface area contributed by atoms with E-state index in [0.717, 1.165) is 11.8 Å². The molecule has 2 nitrogen and oxygen atoms in total. The summed E-state index contributed by atoms with van der Waals surface area (Å²) < 4.78 is 0.